The molecule has 4 rings (SSSR count). The molecule has 0 bridgehead atoms. The molecule has 1 atom stereocenters. The Kier molecular flexibility index (Phi) is 7.39. The molecule has 1 saturated heterocycles. The van der Waals surface area contributed by atoms with Crippen LogP contribution >= 0.6 is 0 Å². The van der Waals surface area contributed by atoms with Crippen molar-refractivity contribution in [2.75, 3.05) is 42.8 Å². The number of amides is 2. The Labute approximate surface area is 206 Å². The molecule has 10 nitrogen and oxygen atoms in total. The first-order chi connectivity index (χ1) is 16.8. The Bertz CT molecular complexity index is 1080. The molecule has 1 fully saturated rings. The van der Waals surface area contributed by atoms with Gasteiger partial charge in [-0.05, 0) is 71.4 Å². The van der Waals surface area contributed by atoms with Crippen LogP contribution in [0.2, 0.25) is 0 Å². The second kappa shape index (κ2) is 10.5. The Morgan fingerprint density at radius 1 is 1.29 bits per heavy atom. The predicted molar refractivity (Wildman–Crippen MR) is 137 cm³/mol. The maximum atomic E-state index is 12.8. The molecule has 0 spiro atoms. The standard InChI is InChI=1S/C25H35N7O3/c1-6-20-24(34)28-19-14-26-25(30-22(19)32(20)15(2)3)29-18-8-7-16(13-21(18)35-5)23(33)27-17-9-11-31(4)12-10-17/h7-8,13-15,17,20H,6,9-12H2,1-5H3,(H,27,33)(H,28,34)(H,26,29,30)/t20-/m1/s1. The number of anilines is 4. The van der Waals surface area contributed by atoms with E-state index in [2.05, 4.69) is 32.9 Å². The van der Waals surface area contributed by atoms with E-state index in [1.807, 2.05) is 25.7 Å². The number of methoxy groups -OCH3 is 1. The molecule has 3 N–H and O–H groups in total. The summed E-state index contributed by atoms with van der Waals surface area (Å²) in [5.41, 5.74) is 1.77. The molecule has 2 aromatic rings. The number of carbonyl (C=O) groups is 2. The molecule has 2 amide bonds. The van der Waals surface area contributed by atoms with Gasteiger partial charge in [0.25, 0.3) is 5.91 Å². The summed E-state index contributed by atoms with van der Waals surface area (Å²) in [6, 6.07) is 5.26. The van der Waals surface area contributed by atoms with Gasteiger partial charge in [0.2, 0.25) is 11.9 Å². The van der Waals surface area contributed by atoms with Crippen LogP contribution in [0.1, 0.15) is 50.4 Å². The van der Waals surface area contributed by atoms with Crippen molar-refractivity contribution in [3.8, 4) is 5.75 Å². The van der Waals surface area contributed by atoms with E-state index in [4.69, 9.17) is 9.72 Å². The van der Waals surface area contributed by atoms with Gasteiger partial charge < -0.3 is 30.5 Å². The topological polar surface area (TPSA) is 112 Å². The van der Waals surface area contributed by atoms with Gasteiger partial charge in [0.1, 0.15) is 17.5 Å². The molecule has 0 aliphatic carbocycles. The first-order valence-electron chi connectivity index (χ1n) is 12.2. The van der Waals surface area contributed by atoms with Gasteiger partial charge in [-0.3, -0.25) is 9.59 Å². The third-order valence-corrected chi connectivity index (χ3v) is 6.62. The maximum absolute atomic E-state index is 12.8. The zero-order chi connectivity index (χ0) is 25.1. The van der Waals surface area contributed by atoms with Crippen LogP contribution in [-0.2, 0) is 4.79 Å². The third-order valence-electron chi connectivity index (χ3n) is 6.62. The maximum Gasteiger partial charge on any atom is 0.251 e. The lowest BCUT2D eigenvalue weighted by Crippen LogP contribution is -2.51. The fourth-order valence-electron chi connectivity index (χ4n) is 4.67. The molecule has 3 heterocycles. The summed E-state index contributed by atoms with van der Waals surface area (Å²) in [5, 5.41) is 9.25. The Morgan fingerprint density at radius 3 is 2.69 bits per heavy atom. The van der Waals surface area contributed by atoms with Crippen molar-refractivity contribution < 1.29 is 14.3 Å². The highest BCUT2D eigenvalue weighted by Crippen LogP contribution is 2.34. The predicted octanol–water partition coefficient (Wildman–Crippen LogP) is 3.00. The first-order valence-corrected chi connectivity index (χ1v) is 12.2. The van der Waals surface area contributed by atoms with Gasteiger partial charge >= 0.3 is 0 Å². The van der Waals surface area contributed by atoms with E-state index >= 15 is 0 Å². The van der Waals surface area contributed by atoms with Crippen molar-refractivity contribution in [2.24, 2.45) is 0 Å². The quantitative estimate of drug-likeness (QED) is 0.553. The average Bonchev–Trinajstić information content (AvgIpc) is 2.84. The molecule has 2 aliphatic rings. The van der Waals surface area contributed by atoms with E-state index in [1.54, 1.807) is 31.5 Å². The van der Waals surface area contributed by atoms with E-state index in [0.29, 0.717) is 40.9 Å². The summed E-state index contributed by atoms with van der Waals surface area (Å²) in [4.78, 5) is 38.7. The van der Waals surface area contributed by atoms with Crippen LogP contribution in [0.25, 0.3) is 0 Å². The van der Waals surface area contributed by atoms with Crippen LogP contribution in [0, 0.1) is 0 Å². The lowest BCUT2D eigenvalue weighted by Gasteiger charge is -2.39. The zero-order valence-electron chi connectivity index (χ0n) is 21.1. The smallest absolute Gasteiger partial charge is 0.251 e. The summed E-state index contributed by atoms with van der Waals surface area (Å²) < 4.78 is 5.56. The minimum absolute atomic E-state index is 0.0474. The second-order valence-electron chi connectivity index (χ2n) is 9.44. The highest BCUT2D eigenvalue weighted by atomic mass is 16.5. The minimum Gasteiger partial charge on any atom is -0.495 e. The van der Waals surface area contributed by atoms with Crippen LogP contribution in [0.3, 0.4) is 0 Å². The molecular formula is C25H35N7O3. The number of likely N-dealkylation sites (tertiary alicyclic amines) is 1. The van der Waals surface area contributed by atoms with Gasteiger partial charge in [-0.25, -0.2) is 4.98 Å². The van der Waals surface area contributed by atoms with Crippen molar-refractivity contribution in [3.05, 3.63) is 30.0 Å². The van der Waals surface area contributed by atoms with E-state index in [-0.39, 0.29) is 29.9 Å². The third kappa shape index (κ3) is 5.32. The highest BCUT2D eigenvalue weighted by Gasteiger charge is 2.35. The highest BCUT2D eigenvalue weighted by molar-refractivity contribution is 6.02. The summed E-state index contributed by atoms with van der Waals surface area (Å²) in [5.74, 6) is 1.42. The number of aromatic nitrogens is 2. The van der Waals surface area contributed by atoms with Crippen molar-refractivity contribution in [1.82, 2.24) is 20.2 Å². The van der Waals surface area contributed by atoms with Crippen molar-refractivity contribution in [3.63, 3.8) is 0 Å². The van der Waals surface area contributed by atoms with Crippen LogP contribution in [0.5, 0.6) is 5.75 Å². The lowest BCUT2D eigenvalue weighted by atomic mass is 10.0. The molecular weight excluding hydrogens is 446 g/mol. The average molecular weight is 482 g/mol. The van der Waals surface area contributed by atoms with Gasteiger partial charge in [-0.1, -0.05) is 6.92 Å². The number of nitrogens with one attached hydrogen (secondary N) is 3. The Morgan fingerprint density at radius 2 is 2.03 bits per heavy atom. The van der Waals surface area contributed by atoms with Crippen LogP contribution < -0.4 is 25.6 Å². The number of fused-ring (bicyclic) bond motifs is 1. The van der Waals surface area contributed by atoms with Crippen LogP contribution in [0.15, 0.2) is 24.4 Å². The largest absolute Gasteiger partial charge is 0.495 e. The fraction of sp³-hybridized carbons (Fsp3) is 0.520. The Hall–Kier alpha value is -3.40. The van der Waals surface area contributed by atoms with Crippen molar-refractivity contribution in [2.45, 2.75) is 58.2 Å². The van der Waals surface area contributed by atoms with Crippen molar-refractivity contribution in [1.29, 1.82) is 0 Å². The Balaban J connectivity index is 1.53. The fourth-order valence-corrected chi connectivity index (χ4v) is 4.67. The number of benzene rings is 1. The molecule has 0 unspecified atom stereocenters. The summed E-state index contributed by atoms with van der Waals surface area (Å²) in [6.45, 7) is 8.03. The van der Waals surface area contributed by atoms with Gasteiger partial charge in [0.15, 0.2) is 5.82 Å². The van der Waals surface area contributed by atoms with Gasteiger partial charge in [-0.2, -0.15) is 4.98 Å². The lowest BCUT2D eigenvalue weighted by molar-refractivity contribution is -0.117. The molecule has 1 aromatic carbocycles. The summed E-state index contributed by atoms with van der Waals surface area (Å²) >= 11 is 0. The van der Waals surface area contributed by atoms with Gasteiger partial charge in [0, 0.05) is 17.6 Å². The number of rotatable bonds is 7. The van der Waals surface area contributed by atoms with Crippen LogP contribution in [0.4, 0.5) is 23.1 Å². The summed E-state index contributed by atoms with van der Waals surface area (Å²) in [7, 11) is 3.66. The molecule has 0 radical (unpaired) electrons. The van der Waals surface area contributed by atoms with Crippen molar-refractivity contribution >= 4 is 35.0 Å². The number of nitrogens with zero attached hydrogens (tertiary/aromatic N) is 4. The molecule has 188 valence electrons. The molecule has 0 saturated carbocycles. The number of piperidine rings is 1. The van der Waals surface area contributed by atoms with E-state index < -0.39 is 0 Å². The monoisotopic (exact) mass is 481 g/mol. The molecule has 1 aromatic heterocycles. The number of hydrogen-bond acceptors (Lipinski definition) is 8. The van der Waals surface area contributed by atoms with E-state index in [9.17, 15) is 9.59 Å². The van der Waals surface area contributed by atoms with Crippen LogP contribution in [-0.4, -0.2) is 72.1 Å². The SMILES string of the molecule is CC[C@@H]1C(=O)Nc2cnc(Nc3ccc(C(=O)NC4CCN(C)CC4)cc3OC)nc2N1C(C)C. The molecule has 35 heavy (non-hydrogen) atoms. The van der Waals surface area contributed by atoms with Gasteiger partial charge in [0.05, 0.1) is 19.0 Å². The molecule has 2 aliphatic heterocycles. The zero-order valence-corrected chi connectivity index (χ0v) is 21.1. The first kappa shape index (κ1) is 24.7. The molecule has 10 heteroatoms. The second-order valence-corrected chi connectivity index (χ2v) is 9.44. The van der Waals surface area contributed by atoms with E-state index in [0.717, 1.165) is 25.9 Å². The number of hydrogen-bond donors (Lipinski definition) is 3. The number of carbonyl (C=O) groups excluding carboxylic acids is 2. The normalized spacial score (nSPS) is 18.7. The number of ether oxygens (including phenoxy) is 1. The van der Waals surface area contributed by atoms with E-state index in [1.165, 1.54) is 0 Å². The van der Waals surface area contributed by atoms with Gasteiger partial charge in [-0.15, -0.1) is 0 Å². The minimum atomic E-state index is -0.290. The summed E-state index contributed by atoms with van der Waals surface area (Å²) in [6.07, 6.45) is 4.17.